The fourth-order valence-corrected chi connectivity index (χ4v) is 3.60. The van der Waals surface area contributed by atoms with Crippen molar-refractivity contribution < 1.29 is 9.53 Å². The van der Waals surface area contributed by atoms with Gasteiger partial charge in [0.1, 0.15) is 0 Å². The molecule has 0 radical (unpaired) electrons. The second-order valence-corrected chi connectivity index (χ2v) is 6.64. The van der Waals surface area contributed by atoms with E-state index in [-0.39, 0.29) is 12.5 Å². The predicted octanol–water partition coefficient (Wildman–Crippen LogP) is 2.32. The fourth-order valence-electron chi connectivity index (χ4n) is 2.86. The molecule has 0 spiro atoms. The highest BCUT2D eigenvalue weighted by Gasteiger charge is 2.20. The first-order chi connectivity index (χ1) is 11.7. The van der Waals surface area contributed by atoms with Crippen molar-refractivity contribution in [2.75, 3.05) is 37.0 Å². The summed E-state index contributed by atoms with van der Waals surface area (Å²) in [7, 11) is 1.77. The molecule has 1 aliphatic heterocycles. The first-order valence-electron chi connectivity index (χ1n) is 8.03. The van der Waals surface area contributed by atoms with Crippen LogP contribution in [0.15, 0.2) is 29.6 Å². The second kappa shape index (κ2) is 7.74. The summed E-state index contributed by atoms with van der Waals surface area (Å²) < 4.78 is 5.51. The highest BCUT2D eigenvalue weighted by Crippen LogP contribution is 2.29. The number of amides is 1. The van der Waals surface area contributed by atoms with E-state index in [1.165, 1.54) is 17.0 Å². The zero-order valence-corrected chi connectivity index (χ0v) is 14.5. The molecule has 2 aromatic rings. The Labute approximate surface area is 145 Å². The third-order valence-corrected chi connectivity index (χ3v) is 4.91. The molecule has 1 aromatic heterocycles. The Balaban J connectivity index is 1.77. The van der Waals surface area contributed by atoms with Crippen LogP contribution in [-0.2, 0) is 9.53 Å². The van der Waals surface area contributed by atoms with Gasteiger partial charge in [0, 0.05) is 36.8 Å². The summed E-state index contributed by atoms with van der Waals surface area (Å²) in [6.45, 7) is 1.91. The van der Waals surface area contributed by atoms with Gasteiger partial charge in [0.15, 0.2) is 5.13 Å². The van der Waals surface area contributed by atoms with Gasteiger partial charge < -0.3 is 20.7 Å². The van der Waals surface area contributed by atoms with Crippen molar-refractivity contribution in [3.8, 4) is 11.3 Å². The standard InChI is InChI=1S/C17H22N4O2S/c1-23-14-6-3-7-21(10-14)13-5-2-4-12(8-13)15-11-24-17(19-15)20-16(22)9-18/h2,4-5,8,11,14H,3,6-7,9-10,18H2,1H3,(H,19,20,22)/t14-/m1/s1. The molecule has 0 aliphatic carbocycles. The topological polar surface area (TPSA) is 80.5 Å². The number of aromatic nitrogens is 1. The number of anilines is 2. The Bertz CT molecular complexity index is 703. The molecule has 24 heavy (non-hydrogen) atoms. The molecule has 1 aromatic carbocycles. The molecule has 0 saturated carbocycles. The van der Waals surface area contributed by atoms with Gasteiger partial charge in [0.2, 0.25) is 5.91 Å². The number of nitrogens with one attached hydrogen (secondary N) is 1. The van der Waals surface area contributed by atoms with E-state index in [1.54, 1.807) is 7.11 Å². The largest absolute Gasteiger partial charge is 0.380 e. The molecule has 0 unspecified atom stereocenters. The van der Waals surface area contributed by atoms with Crippen molar-refractivity contribution in [2.45, 2.75) is 18.9 Å². The van der Waals surface area contributed by atoms with Gasteiger partial charge in [-0.3, -0.25) is 4.79 Å². The summed E-state index contributed by atoms with van der Waals surface area (Å²) in [5.74, 6) is -0.233. The number of hydrogen-bond acceptors (Lipinski definition) is 6. The lowest BCUT2D eigenvalue weighted by atomic mass is 10.1. The molecule has 0 bridgehead atoms. The van der Waals surface area contributed by atoms with Crippen LogP contribution in [0.4, 0.5) is 10.8 Å². The summed E-state index contributed by atoms with van der Waals surface area (Å²) in [6, 6.07) is 8.33. The number of piperidine rings is 1. The van der Waals surface area contributed by atoms with Gasteiger partial charge in [-0.25, -0.2) is 4.98 Å². The molecular weight excluding hydrogens is 324 g/mol. The molecule has 128 valence electrons. The normalized spacial score (nSPS) is 17.8. The lowest BCUT2D eigenvalue weighted by molar-refractivity contribution is -0.114. The second-order valence-electron chi connectivity index (χ2n) is 5.79. The SMILES string of the molecule is CO[C@@H]1CCCN(c2cccc(-c3csc(NC(=O)CN)n3)c2)C1. The van der Waals surface area contributed by atoms with Gasteiger partial charge >= 0.3 is 0 Å². The fraction of sp³-hybridized carbons (Fsp3) is 0.412. The number of benzene rings is 1. The number of rotatable bonds is 5. The van der Waals surface area contributed by atoms with Crippen LogP contribution < -0.4 is 16.0 Å². The Morgan fingerprint density at radius 1 is 1.54 bits per heavy atom. The van der Waals surface area contributed by atoms with E-state index in [9.17, 15) is 4.79 Å². The van der Waals surface area contributed by atoms with E-state index in [2.05, 4.69) is 27.3 Å². The monoisotopic (exact) mass is 346 g/mol. The minimum Gasteiger partial charge on any atom is -0.380 e. The Morgan fingerprint density at radius 3 is 3.21 bits per heavy atom. The summed E-state index contributed by atoms with van der Waals surface area (Å²) in [6.07, 6.45) is 2.54. The number of nitrogens with zero attached hydrogens (tertiary/aromatic N) is 2. The Hall–Kier alpha value is -1.96. The van der Waals surface area contributed by atoms with Crippen LogP contribution >= 0.6 is 11.3 Å². The van der Waals surface area contributed by atoms with Crippen molar-refractivity contribution >= 4 is 28.1 Å². The third kappa shape index (κ3) is 3.92. The van der Waals surface area contributed by atoms with Gasteiger partial charge in [-0.15, -0.1) is 11.3 Å². The summed E-state index contributed by atoms with van der Waals surface area (Å²) in [4.78, 5) is 18.2. The molecule has 1 aliphatic rings. The molecule has 1 atom stereocenters. The highest BCUT2D eigenvalue weighted by molar-refractivity contribution is 7.14. The molecular formula is C17H22N4O2S. The first-order valence-corrected chi connectivity index (χ1v) is 8.91. The van der Waals surface area contributed by atoms with Crippen LogP contribution in [0.1, 0.15) is 12.8 Å². The van der Waals surface area contributed by atoms with Crippen LogP contribution in [0.25, 0.3) is 11.3 Å². The summed E-state index contributed by atoms with van der Waals surface area (Å²) in [5, 5.41) is 5.21. The van der Waals surface area contributed by atoms with Crippen molar-refractivity contribution in [2.24, 2.45) is 5.73 Å². The number of carbonyl (C=O) groups excluding carboxylic acids is 1. The van der Waals surface area contributed by atoms with E-state index >= 15 is 0 Å². The van der Waals surface area contributed by atoms with Crippen molar-refractivity contribution in [3.05, 3.63) is 29.6 Å². The van der Waals surface area contributed by atoms with Crippen LogP contribution in [0.2, 0.25) is 0 Å². The summed E-state index contributed by atoms with van der Waals surface area (Å²) in [5.41, 5.74) is 8.38. The smallest absolute Gasteiger partial charge is 0.239 e. The van der Waals surface area contributed by atoms with Crippen molar-refractivity contribution in [1.29, 1.82) is 0 Å². The predicted molar refractivity (Wildman–Crippen MR) is 97.5 cm³/mol. The molecule has 1 saturated heterocycles. The van der Waals surface area contributed by atoms with E-state index in [4.69, 9.17) is 10.5 Å². The molecule has 1 amide bonds. The zero-order chi connectivity index (χ0) is 16.9. The minimum absolute atomic E-state index is 0.0416. The zero-order valence-electron chi connectivity index (χ0n) is 13.7. The minimum atomic E-state index is -0.233. The van der Waals surface area contributed by atoms with Gasteiger partial charge in [0.25, 0.3) is 0 Å². The molecule has 3 N–H and O–H groups in total. The number of ether oxygens (including phenoxy) is 1. The molecule has 6 nitrogen and oxygen atoms in total. The van der Waals surface area contributed by atoms with E-state index in [0.717, 1.165) is 37.2 Å². The Morgan fingerprint density at radius 2 is 2.42 bits per heavy atom. The number of thiazole rings is 1. The number of nitrogens with two attached hydrogens (primary N) is 1. The average molecular weight is 346 g/mol. The van der Waals surface area contributed by atoms with Gasteiger partial charge in [-0.2, -0.15) is 0 Å². The van der Waals surface area contributed by atoms with Gasteiger partial charge in [0.05, 0.1) is 18.3 Å². The van der Waals surface area contributed by atoms with Gasteiger partial charge in [-0.1, -0.05) is 12.1 Å². The third-order valence-electron chi connectivity index (χ3n) is 4.15. The van der Waals surface area contributed by atoms with E-state index in [1.807, 2.05) is 17.5 Å². The van der Waals surface area contributed by atoms with Crippen LogP contribution in [0, 0.1) is 0 Å². The maximum atomic E-state index is 11.4. The number of hydrogen-bond donors (Lipinski definition) is 2. The number of methoxy groups -OCH3 is 1. The average Bonchev–Trinajstić information content (AvgIpc) is 3.10. The van der Waals surface area contributed by atoms with Gasteiger partial charge in [-0.05, 0) is 25.0 Å². The van der Waals surface area contributed by atoms with Crippen LogP contribution in [-0.4, -0.2) is 43.7 Å². The maximum Gasteiger partial charge on any atom is 0.239 e. The first kappa shape index (κ1) is 16.9. The molecule has 1 fully saturated rings. The van der Waals surface area contributed by atoms with Crippen LogP contribution in [0.5, 0.6) is 0 Å². The molecule has 7 heteroatoms. The highest BCUT2D eigenvalue weighted by atomic mass is 32.1. The van der Waals surface area contributed by atoms with Crippen molar-refractivity contribution in [1.82, 2.24) is 4.98 Å². The quantitative estimate of drug-likeness (QED) is 0.868. The van der Waals surface area contributed by atoms with E-state index in [0.29, 0.717) is 11.2 Å². The van der Waals surface area contributed by atoms with Crippen LogP contribution in [0.3, 0.4) is 0 Å². The van der Waals surface area contributed by atoms with Crippen molar-refractivity contribution in [3.63, 3.8) is 0 Å². The lowest BCUT2D eigenvalue weighted by Crippen LogP contribution is -2.39. The van der Waals surface area contributed by atoms with E-state index < -0.39 is 0 Å². The molecule has 2 heterocycles. The summed E-state index contributed by atoms with van der Waals surface area (Å²) >= 11 is 1.40. The maximum absolute atomic E-state index is 11.4. The number of carbonyl (C=O) groups is 1. The molecule has 3 rings (SSSR count). The lowest BCUT2D eigenvalue weighted by Gasteiger charge is -2.33. The Kier molecular flexibility index (Phi) is 5.44.